The van der Waals surface area contributed by atoms with Crippen molar-refractivity contribution in [2.75, 3.05) is 51.7 Å². The van der Waals surface area contributed by atoms with E-state index in [0.29, 0.717) is 31.9 Å². The third-order valence-electron chi connectivity index (χ3n) is 6.29. The van der Waals surface area contributed by atoms with Gasteiger partial charge in [-0.05, 0) is 25.0 Å². The number of non-ortho nitro benzene ring substituents is 1. The number of carbonyl (C=O) groups is 1. The second kappa shape index (κ2) is 10.0. The fraction of sp³-hybridized carbons (Fsp3) is 0.650. The lowest BCUT2D eigenvalue weighted by Gasteiger charge is -2.38. The highest BCUT2D eigenvalue weighted by Gasteiger charge is 2.35. The molecule has 0 radical (unpaired) electrons. The molecule has 1 saturated heterocycles. The standard InChI is InChI=1S/C20H31N5O5S/c1-21(17-8-10-19(11-9-17)25(27)28)20(26)16-23-12-14-24(15-13-23)31(29,30)22(2)18-6-4-3-5-7-18/h8-11,18H,3-7,12-16H2,1-2H3. The van der Waals surface area contributed by atoms with Crippen LogP contribution in [0.15, 0.2) is 24.3 Å². The van der Waals surface area contributed by atoms with Gasteiger partial charge in [0.15, 0.2) is 0 Å². The number of nitrogens with zero attached hydrogens (tertiary/aromatic N) is 5. The molecule has 0 spiro atoms. The Morgan fingerprint density at radius 3 is 2.19 bits per heavy atom. The molecule has 1 aliphatic carbocycles. The van der Waals surface area contributed by atoms with Crippen LogP contribution < -0.4 is 4.90 Å². The number of nitro groups is 1. The molecule has 1 aliphatic heterocycles. The van der Waals surface area contributed by atoms with E-state index >= 15 is 0 Å². The molecule has 1 aromatic carbocycles. The first-order valence-electron chi connectivity index (χ1n) is 10.7. The zero-order valence-electron chi connectivity index (χ0n) is 18.1. The van der Waals surface area contributed by atoms with Gasteiger partial charge >= 0.3 is 0 Å². The van der Waals surface area contributed by atoms with Crippen LogP contribution in [-0.4, -0.2) is 85.6 Å². The summed E-state index contributed by atoms with van der Waals surface area (Å²) in [7, 11) is -0.185. The van der Waals surface area contributed by atoms with Gasteiger partial charge in [-0.2, -0.15) is 17.0 Å². The first-order valence-corrected chi connectivity index (χ1v) is 12.1. The molecule has 0 bridgehead atoms. The molecule has 1 heterocycles. The van der Waals surface area contributed by atoms with Gasteiger partial charge in [0.2, 0.25) is 5.91 Å². The van der Waals surface area contributed by atoms with E-state index in [2.05, 4.69) is 0 Å². The van der Waals surface area contributed by atoms with Gasteiger partial charge in [0.1, 0.15) is 0 Å². The molecule has 172 valence electrons. The van der Waals surface area contributed by atoms with Crippen molar-refractivity contribution in [3.8, 4) is 0 Å². The minimum absolute atomic E-state index is 0.0277. The Kier molecular flexibility index (Phi) is 7.63. The van der Waals surface area contributed by atoms with Crippen molar-refractivity contribution in [1.82, 2.24) is 13.5 Å². The van der Waals surface area contributed by atoms with E-state index in [9.17, 15) is 23.3 Å². The molecule has 0 atom stereocenters. The number of carbonyl (C=O) groups excluding carboxylic acids is 1. The molecule has 11 heteroatoms. The lowest BCUT2D eigenvalue weighted by Crippen LogP contribution is -2.55. The van der Waals surface area contributed by atoms with E-state index in [-0.39, 0.29) is 24.2 Å². The molecular formula is C20H31N5O5S. The van der Waals surface area contributed by atoms with Gasteiger partial charge in [0, 0.05) is 64.1 Å². The number of likely N-dealkylation sites (N-methyl/N-ethyl adjacent to an activating group) is 1. The SMILES string of the molecule is CN(C(=O)CN1CCN(S(=O)(=O)N(C)C2CCCCC2)CC1)c1ccc([N+](=O)[O-])cc1. The highest BCUT2D eigenvalue weighted by Crippen LogP contribution is 2.25. The third kappa shape index (κ3) is 5.59. The van der Waals surface area contributed by atoms with Crippen molar-refractivity contribution in [3.05, 3.63) is 34.4 Å². The normalized spacial score (nSPS) is 19.5. The van der Waals surface area contributed by atoms with E-state index < -0.39 is 15.1 Å². The minimum atomic E-state index is -3.49. The molecule has 2 aliphatic rings. The van der Waals surface area contributed by atoms with Crippen LogP contribution in [0, 0.1) is 10.1 Å². The van der Waals surface area contributed by atoms with E-state index in [1.54, 1.807) is 26.2 Å². The van der Waals surface area contributed by atoms with Crippen LogP contribution in [0.1, 0.15) is 32.1 Å². The van der Waals surface area contributed by atoms with Crippen molar-refractivity contribution in [2.45, 2.75) is 38.1 Å². The van der Waals surface area contributed by atoms with Gasteiger partial charge in [0.05, 0.1) is 11.5 Å². The van der Waals surface area contributed by atoms with Crippen molar-refractivity contribution < 1.29 is 18.1 Å². The number of anilines is 1. The van der Waals surface area contributed by atoms with Gasteiger partial charge in [-0.3, -0.25) is 19.8 Å². The Morgan fingerprint density at radius 2 is 1.65 bits per heavy atom. The maximum atomic E-state index is 13.0. The van der Waals surface area contributed by atoms with Gasteiger partial charge in [-0.15, -0.1) is 0 Å². The number of rotatable bonds is 7. The number of nitro benzene ring substituents is 1. The molecule has 31 heavy (non-hydrogen) atoms. The number of piperazine rings is 1. The largest absolute Gasteiger partial charge is 0.314 e. The van der Waals surface area contributed by atoms with Crippen molar-refractivity contribution in [1.29, 1.82) is 0 Å². The molecule has 1 saturated carbocycles. The average molecular weight is 454 g/mol. The highest BCUT2D eigenvalue weighted by molar-refractivity contribution is 7.86. The molecule has 3 rings (SSSR count). The number of hydrogen-bond acceptors (Lipinski definition) is 6. The Labute approximate surface area is 183 Å². The van der Waals surface area contributed by atoms with E-state index in [4.69, 9.17) is 0 Å². The Bertz CT molecular complexity index is 878. The molecule has 0 aromatic heterocycles. The quantitative estimate of drug-likeness (QED) is 0.459. The topological polar surface area (TPSA) is 107 Å². The van der Waals surface area contributed by atoms with E-state index in [1.807, 2.05) is 4.90 Å². The first kappa shape index (κ1) is 23.6. The van der Waals surface area contributed by atoms with Crippen LogP contribution in [0.4, 0.5) is 11.4 Å². The van der Waals surface area contributed by atoms with Gasteiger partial charge < -0.3 is 4.90 Å². The molecule has 10 nitrogen and oxygen atoms in total. The summed E-state index contributed by atoms with van der Waals surface area (Å²) < 4.78 is 29.0. The second-order valence-corrected chi connectivity index (χ2v) is 10.2. The number of hydrogen-bond donors (Lipinski definition) is 0. The van der Waals surface area contributed by atoms with Crippen LogP contribution in [0.3, 0.4) is 0 Å². The molecule has 1 amide bonds. The third-order valence-corrected chi connectivity index (χ3v) is 8.33. The maximum Gasteiger partial charge on any atom is 0.282 e. The smallest absolute Gasteiger partial charge is 0.282 e. The zero-order valence-corrected chi connectivity index (χ0v) is 19.0. The summed E-state index contributed by atoms with van der Waals surface area (Å²) in [4.78, 5) is 26.3. The average Bonchev–Trinajstić information content (AvgIpc) is 2.79. The van der Waals surface area contributed by atoms with E-state index in [0.717, 1.165) is 25.7 Å². The number of amides is 1. The molecule has 1 aromatic rings. The summed E-state index contributed by atoms with van der Waals surface area (Å²) in [5.41, 5.74) is 0.547. The maximum absolute atomic E-state index is 13.0. The van der Waals surface area contributed by atoms with Gasteiger partial charge in [-0.1, -0.05) is 19.3 Å². The summed E-state index contributed by atoms with van der Waals surface area (Å²) in [6.45, 7) is 1.84. The summed E-state index contributed by atoms with van der Waals surface area (Å²) in [6.07, 6.45) is 5.15. The summed E-state index contributed by atoms with van der Waals surface area (Å²) in [6, 6.07) is 5.90. The lowest BCUT2D eigenvalue weighted by molar-refractivity contribution is -0.384. The number of benzene rings is 1. The summed E-state index contributed by atoms with van der Waals surface area (Å²) >= 11 is 0. The summed E-state index contributed by atoms with van der Waals surface area (Å²) in [5.74, 6) is -0.149. The highest BCUT2D eigenvalue weighted by atomic mass is 32.2. The Morgan fingerprint density at radius 1 is 1.06 bits per heavy atom. The lowest BCUT2D eigenvalue weighted by atomic mass is 9.96. The molecule has 0 unspecified atom stereocenters. The van der Waals surface area contributed by atoms with Crippen molar-refractivity contribution >= 4 is 27.5 Å². The Hall–Kier alpha value is -2.08. The fourth-order valence-electron chi connectivity index (χ4n) is 4.17. The van der Waals surface area contributed by atoms with Crippen LogP contribution in [-0.2, 0) is 15.0 Å². The molecule has 0 N–H and O–H groups in total. The van der Waals surface area contributed by atoms with E-state index in [1.165, 1.54) is 32.1 Å². The van der Waals surface area contributed by atoms with Crippen molar-refractivity contribution in [3.63, 3.8) is 0 Å². The van der Waals surface area contributed by atoms with Crippen LogP contribution in [0.2, 0.25) is 0 Å². The second-order valence-electron chi connectivity index (χ2n) is 8.22. The molecular weight excluding hydrogens is 422 g/mol. The van der Waals surface area contributed by atoms with Crippen LogP contribution in [0.25, 0.3) is 0 Å². The van der Waals surface area contributed by atoms with Crippen LogP contribution in [0.5, 0.6) is 0 Å². The molecule has 2 fully saturated rings. The zero-order chi connectivity index (χ0) is 22.6. The minimum Gasteiger partial charge on any atom is -0.314 e. The van der Waals surface area contributed by atoms with Crippen LogP contribution >= 0.6 is 0 Å². The predicted molar refractivity (Wildman–Crippen MR) is 118 cm³/mol. The van der Waals surface area contributed by atoms with Gasteiger partial charge in [0.25, 0.3) is 15.9 Å². The Balaban J connectivity index is 1.52. The summed E-state index contributed by atoms with van der Waals surface area (Å²) in [5, 5.41) is 10.8. The predicted octanol–water partition coefficient (Wildman–Crippen LogP) is 1.68. The first-order chi connectivity index (χ1) is 14.7. The fourth-order valence-corrected chi connectivity index (χ4v) is 5.75. The van der Waals surface area contributed by atoms with Crippen molar-refractivity contribution in [2.24, 2.45) is 0 Å². The van der Waals surface area contributed by atoms with Gasteiger partial charge in [-0.25, -0.2) is 0 Å². The monoisotopic (exact) mass is 453 g/mol.